The van der Waals surface area contributed by atoms with E-state index in [1.807, 2.05) is 72.8 Å². The third-order valence-corrected chi connectivity index (χ3v) is 10.5. The zero-order valence-electron chi connectivity index (χ0n) is 28.2. The predicted octanol–water partition coefficient (Wildman–Crippen LogP) is 2.85. The first kappa shape index (κ1) is 33.5. The smallest absolute Gasteiger partial charge is 0.313 e. The van der Waals surface area contributed by atoms with Gasteiger partial charge in [0.25, 0.3) is 5.91 Å². The monoisotopic (exact) mass is 702 g/mol. The Morgan fingerprint density at radius 1 is 0.923 bits per heavy atom. The molecule has 4 aliphatic rings. The summed E-state index contributed by atoms with van der Waals surface area (Å²) in [6.07, 6.45) is 6.00. The summed E-state index contributed by atoms with van der Waals surface area (Å²) in [7, 11) is 0. The summed E-state index contributed by atoms with van der Waals surface area (Å²) < 4.78 is 14.4. The summed E-state index contributed by atoms with van der Waals surface area (Å²) in [5, 5.41) is 22.4. The van der Waals surface area contributed by atoms with Crippen LogP contribution in [-0.2, 0) is 35.3 Å². The number of hydrogen-bond acceptors (Lipinski definition) is 9. The Hall–Kier alpha value is -5.66. The van der Waals surface area contributed by atoms with E-state index in [1.54, 1.807) is 46.0 Å². The molecule has 266 valence electrons. The van der Waals surface area contributed by atoms with Crippen molar-refractivity contribution in [1.82, 2.24) is 30.1 Å². The lowest BCUT2D eigenvalue weighted by molar-refractivity contribution is -0.160. The fraction of sp³-hybridized carbons (Fsp3) is 0.333. The van der Waals surface area contributed by atoms with Gasteiger partial charge in [-0.05, 0) is 29.7 Å². The molecule has 0 aliphatic carbocycles. The summed E-state index contributed by atoms with van der Waals surface area (Å²) in [5.41, 5.74) is 1.14. The van der Waals surface area contributed by atoms with Gasteiger partial charge >= 0.3 is 5.97 Å². The molecular formula is C39H38N6O7. The highest BCUT2D eigenvalue weighted by atomic mass is 16.6. The third-order valence-electron chi connectivity index (χ3n) is 10.5. The number of aliphatic hydroxyl groups is 1. The molecular weight excluding hydrogens is 664 g/mol. The number of benzene rings is 3. The van der Waals surface area contributed by atoms with E-state index in [9.17, 15) is 19.5 Å². The second kappa shape index (κ2) is 13.8. The van der Waals surface area contributed by atoms with Crippen LogP contribution in [0.4, 0.5) is 0 Å². The summed E-state index contributed by atoms with van der Waals surface area (Å²) in [5.74, 6) is -4.06. The lowest BCUT2D eigenvalue weighted by Crippen LogP contribution is -2.57. The molecule has 7 atom stereocenters. The zero-order chi connectivity index (χ0) is 35.8. The minimum atomic E-state index is -1.53. The molecule has 4 aliphatic heterocycles. The zero-order valence-corrected chi connectivity index (χ0v) is 28.2. The largest absolute Gasteiger partial charge is 0.455 e. The maximum absolute atomic E-state index is 15.2. The van der Waals surface area contributed by atoms with E-state index in [4.69, 9.17) is 9.47 Å². The van der Waals surface area contributed by atoms with Crippen LogP contribution in [0.5, 0.6) is 0 Å². The molecule has 13 heteroatoms. The number of likely N-dealkylation sites (tertiary alicyclic amines) is 1. The number of cyclic esters (lactones) is 1. The minimum Gasteiger partial charge on any atom is -0.455 e. The Bertz CT molecular complexity index is 2050. The van der Waals surface area contributed by atoms with Crippen LogP contribution in [-0.4, -0.2) is 91.0 Å². The molecule has 2 fully saturated rings. The number of rotatable bonds is 6. The number of esters is 1. The number of allylic oxidation sites excluding steroid dienone is 1. The first-order valence-electron chi connectivity index (χ1n) is 17.5. The molecule has 3 amide bonds. The molecule has 0 unspecified atom stereocenters. The van der Waals surface area contributed by atoms with Crippen LogP contribution in [0, 0.1) is 11.8 Å². The molecule has 5 bridgehead atoms. The highest BCUT2D eigenvalue weighted by Crippen LogP contribution is 2.57. The van der Waals surface area contributed by atoms with Crippen molar-refractivity contribution in [3.63, 3.8) is 0 Å². The Kier molecular flexibility index (Phi) is 8.89. The Balaban J connectivity index is 1.24. The number of ether oxygens (including phenoxy) is 2. The number of hydrogen-bond donors (Lipinski definition) is 2. The number of nitrogens with zero attached hydrogens (tertiary/aromatic N) is 5. The van der Waals surface area contributed by atoms with E-state index < -0.39 is 66.1 Å². The van der Waals surface area contributed by atoms with Crippen LogP contribution in [0.25, 0.3) is 11.0 Å². The normalized spacial score (nSPS) is 28.9. The van der Waals surface area contributed by atoms with E-state index in [1.165, 1.54) is 4.90 Å². The molecule has 52 heavy (non-hydrogen) atoms. The number of nitrogens with one attached hydrogen (secondary N) is 1. The molecule has 1 aromatic heterocycles. The first-order chi connectivity index (χ1) is 25.4. The van der Waals surface area contributed by atoms with Crippen molar-refractivity contribution in [1.29, 1.82) is 0 Å². The van der Waals surface area contributed by atoms with Gasteiger partial charge in [0.1, 0.15) is 35.9 Å². The van der Waals surface area contributed by atoms with Gasteiger partial charge in [-0.1, -0.05) is 102 Å². The fourth-order valence-corrected chi connectivity index (χ4v) is 8.04. The maximum atomic E-state index is 15.2. The number of carbonyl (C=O) groups excluding carboxylic acids is 4. The van der Waals surface area contributed by atoms with E-state index in [-0.39, 0.29) is 32.1 Å². The third kappa shape index (κ3) is 5.75. The molecule has 0 radical (unpaired) electrons. The van der Waals surface area contributed by atoms with Gasteiger partial charge in [0.05, 0.1) is 36.7 Å². The van der Waals surface area contributed by atoms with Crippen molar-refractivity contribution < 1.29 is 33.8 Å². The van der Waals surface area contributed by atoms with Crippen molar-refractivity contribution in [2.24, 2.45) is 11.8 Å². The molecule has 1 spiro atoms. The Labute approximate surface area is 299 Å². The molecule has 8 rings (SSSR count). The van der Waals surface area contributed by atoms with Crippen molar-refractivity contribution in [2.45, 2.75) is 49.4 Å². The minimum absolute atomic E-state index is 0.0179. The van der Waals surface area contributed by atoms with Gasteiger partial charge in [-0.15, -0.1) is 5.10 Å². The van der Waals surface area contributed by atoms with E-state index >= 15 is 4.79 Å². The molecule has 0 saturated carbocycles. The Morgan fingerprint density at radius 3 is 2.46 bits per heavy atom. The maximum Gasteiger partial charge on any atom is 0.313 e. The summed E-state index contributed by atoms with van der Waals surface area (Å²) in [6.45, 7) is -0.356. The number of carbonyl (C=O) groups is 4. The molecule has 4 aromatic rings. The second-order valence-corrected chi connectivity index (χ2v) is 13.5. The number of aliphatic hydroxyl groups excluding tert-OH is 1. The van der Waals surface area contributed by atoms with E-state index in [0.717, 1.165) is 0 Å². The van der Waals surface area contributed by atoms with Crippen molar-refractivity contribution in [3.05, 3.63) is 120 Å². The lowest BCUT2D eigenvalue weighted by atomic mass is 9.74. The molecule has 2 N–H and O–H groups in total. The van der Waals surface area contributed by atoms with Gasteiger partial charge in [-0.25, -0.2) is 4.68 Å². The molecule has 5 heterocycles. The standard InChI is InChI=1S/C39H38N6O7/c46-23-29(25-12-4-1-5-13-25)45-35-37(49)43(24-44-28-17-10-9-16-27(28)41-42-44)21-11-3-8-18-32(47)40-22-31(26-14-6-2-7-15-26)51-38(50)33-30-19-20-39(35,52-30)34(33)36(45)48/h1-7,9-17,19-20,29-31,33-35,46H,8,18,21-24H2,(H,40,47)/b11-3-/t29-,30-,31-,33+,34+,35-,39+/m1/s1. The lowest BCUT2D eigenvalue weighted by Gasteiger charge is -2.38. The van der Waals surface area contributed by atoms with Gasteiger partial charge in [0.15, 0.2) is 0 Å². The summed E-state index contributed by atoms with van der Waals surface area (Å²) in [4.78, 5) is 60.3. The fourth-order valence-electron chi connectivity index (χ4n) is 8.04. The van der Waals surface area contributed by atoms with Crippen LogP contribution in [0.3, 0.4) is 0 Å². The number of aromatic nitrogens is 3. The Morgan fingerprint density at radius 2 is 1.67 bits per heavy atom. The van der Waals surface area contributed by atoms with Gasteiger partial charge in [0, 0.05) is 13.0 Å². The predicted molar refractivity (Wildman–Crippen MR) is 187 cm³/mol. The van der Waals surface area contributed by atoms with Gasteiger partial charge in [-0.2, -0.15) is 0 Å². The van der Waals surface area contributed by atoms with Crippen LogP contribution in [0.1, 0.15) is 36.1 Å². The van der Waals surface area contributed by atoms with Crippen molar-refractivity contribution in [3.8, 4) is 0 Å². The van der Waals surface area contributed by atoms with Crippen LogP contribution >= 0.6 is 0 Å². The first-order valence-corrected chi connectivity index (χ1v) is 17.5. The van der Waals surface area contributed by atoms with Gasteiger partial charge in [0.2, 0.25) is 11.8 Å². The summed E-state index contributed by atoms with van der Waals surface area (Å²) >= 11 is 0. The highest BCUT2D eigenvalue weighted by molar-refractivity contribution is 5.99. The topological polar surface area (TPSA) is 156 Å². The summed E-state index contributed by atoms with van der Waals surface area (Å²) in [6, 6.07) is 23.3. The average molecular weight is 703 g/mol. The molecule has 13 nitrogen and oxygen atoms in total. The van der Waals surface area contributed by atoms with Crippen LogP contribution in [0.2, 0.25) is 0 Å². The average Bonchev–Trinajstić information content (AvgIpc) is 3.93. The van der Waals surface area contributed by atoms with Crippen LogP contribution in [0.15, 0.2) is 109 Å². The highest BCUT2D eigenvalue weighted by Gasteiger charge is 2.74. The second-order valence-electron chi connectivity index (χ2n) is 13.5. The molecule has 2 saturated heterocycles. The quantitative estimate of drug-likeness (QED) is 0.228. The van der Waals surface area contributed by atoms with E-state index in [2.05, 4.69) is 15.6 Å². The number of fused-ring (bicyclic) bond motifs is 3. The molecule has 3 aromatic carbocycles. The van der Waals surface area contributed by atoms with Gasteiger partial charge < -0.3 is 29.7 Å². The van der Waals surface area contributed by atoms with Crippen LogP contribution < -0.4 is 5.32 Å². The number of amides is 3. The number of para-hydroxylation sites is 1. The van der Waals surface area contributed by atoms with E-state index in [0.29, 0.717) is 28.6 Å². The van der Waals surface area contributed by atoms with Gasteiger partial charge in [-0.3, -0.25) is 19.2 Å². The van der Waals surface area contributed by atoms with Crippen molar-refractivity contribution >= 4 is 34.7 Å². The SMILES string of the molecule is O=C1CC/C=C\CN(Cn2nnc3ccccc32)C(=O)[C@H]2N([C@H](CO)c3ccccc3)C(=O)[C@@H]3[C@@H](C(=O)O[C@@H](c4ccccc4)CN1)[C@H]1C=C[C@]32O1. The van der Waals surface area contributed by atoms with Crippen molar-refractivity contribution in [2.75, 3.05) is 19.7 Å².